The van der Waals surface area contributed by atoms with E-state index < -0.39 is 17.6 Å². The lowest BCUT2D eigenvalue weighted by Gasteiger charge is -2.12. The fraction of sp³-hybridized carbons (Fsp3) is 0.176. The lowest BCUT2D eigenvalue weighted by molar-refractivity contribution is -0.137. The predicted octanol–water partition coefficient (Wildman–Crippen LogP) is 4.19. The Bertz CT molecular complexity index is 988. The molecule has 27 heavy (non-hydrogen) atoms. The average molecular weight is 394 g/mol. The van der Waals surface area contributed by atoms with Crippen molar-refractivity contribution >= 4 is 22.4 Å². The van der Waals surface area contributed by atoms with Gasteiger partial charge in [0.2, 0.25) is 5.13 Å². The second kappa shape index (κ2) is 7.31. The number of carbonyl (C=O) groups is 1. The van der Waals surface area contributed by atoms with Crippen LogP contribution in [0.5, 0.6) is 5.19 Å². The first-order valence-electron chi connectivity index (χ1n) is 7.61. The first-order valence-corrected chi connectivity index (χ1v) is 8.42. The van der Waals surface area contributed by atoms with Crippen molar-refractivity contribution in [2.45, 2.75) is 13.1 Å². The Kier molecular flexibility index (Phi) is 5.08. The van der Waals surface area contributed by atoms with Gasteiger partial charge in [0.25, 0.3) is 11.1 Å². The van der Waals surface area contributed by atoms with E-state index in [1.54, 1.807) is 13.0 Å². The minimum atomic E-state index is -4.48. The molecule has 0 fully saturated rings. The number of rotatable bonds is 4. The third-order valence-corrected chi connectivity index (χ3v) is 4.39. The second-order valence-corrected chi connectivity index (χ2v) is 6.42. The van der Waals surface area contributed by atoms with Gasteiger partial charge in [0.1, 0.15) is 0 Å². The number of hydrogen-bond donors (Lipinski definition) is 1. The lowest BCUT2D eigenvalue weighted by Crippen LogP contribution is -2.14. The zero-order valence-corrected chi connectivity index (χ0v) is 15.0. The quantitative estimate of drug-likeness (QED) is 0.718. The van der Waals surface area contributed by atoms with Crippen molar-refractivity contribution in [1.29, 1.82) is 0 Å². The van der Waals surface area contributed by atoms with Gasteiger partial charge in [-0.1, -0.05) is 17.2 Å². The molecule has 6 nitrogen and oxygen atoms in total. The van der Waals surface area contributed by atoms with E-state index in [0.29, 0.717) is 11.3 Å². The number of methoxy groups -OCH3 is 1. The van der Waals surface area contributed by atoms with Gasteiger partial charge in [-0.25, -0.2) is 0 Å². The van der Waals surface area contributed by atoms with Crippen LogP contribution < -0.4 is 10.1 Å². The van der Waals surface area contributed by atoms with Gasteiger partial charge in [0.15, 0.2) is 0 Å². The Balaban J connectivity index is 1.99. The molecule has 2 aromatic heterocycles. The number of anilines is 1. The van der Waals surface area contributed by atoms with E-state index in [0.717, 1.165) is 23.5 Å². The molecule has 0 saturated heterocycles. The highest BCUT2D eigenvalue weighted by Crippen LogP contribution is 2.33. The summed E-state index contributed by atoms with van der Waals surface area (Å²) in [6.45, 7) is 1.69. The van der Waals surface area contributed by atoms with Crippen LogP contribution in [0.15, 0.2) is 36.5 Å². The molecule has 1 amide bonds. The molecule has 0 aliphatic heterocycles. The van der Waals surface area contributed by atoms with Gasteiger partial charge in [-0.2, -0.15) is 13.2 Å². The number of pyridine rings is 1. The third-order valence-electron chi connectivity index (χ3n) is 3.59. The summed E-state index contributed by atoms with van der Waals surface area (Å²) in [5, 5.41) is 10.5. The minimum Gasteiger partial charge on any atom is -0.472 e. The molecule has 10 heteroatoms. The molecule has 0 unspecified atom stereocenters. The molecule has 0 aliphatic carbocycles. The van der Waals surface area contributed by atoms with E-state index in [2.05, 4.69) is 20.5 Å². The molecular formula is C17H13F3N4O2S. The van der Waals surface area contributed by atoms with Gasteiger partial charge >= 0.3 is 6.18 Å². The summed E-state index contributed by atoms with van der Waals surface area (Å²) in [4.78, 5) is 16.7. The molecular weight excluding hydrogens is 381 g/mol. The number of carbonyl (C=O) groups excluding carboxylic acids is 1. The number of nitrogens with one attached hydrogen (secondary N) is 1. The minimum absolute atomic E-state index is 0.120. The van der Waals surface area contributed by atoms with E-state index >= 15 is 0 Å². The number of hydrogen-bond acceptors (Lipinski definition) is 6. The van der Waals surface area contributed by atoms with Crippen molar-refractivity contribution in [3.8, 4) is 16.3 Å². The summed E-state index contributed by atoms with van der Waals surface area (Å²) >= 11 is 1.02. The van der Waals surface area contributed by atoms with Gasteiger partial charge < -0.3 is 4.74 Å². The van der Waals surface area contributed by atoms with Crippen LogP contribution in [0.1, 0.15) is 21.6 Å². The van der Waals surface area contributed by atoms with Crippen LogP contribution >= 0.6 is 11.3 Å². The molecule has 0 aliphatic rings. The van der Waals surface area contributed by atoms with E-state index in [4.69, 9.17) is 4.74 Å². The molecule has 1 aromatic carbocycles. The van der Waals surface area contributed by atoms with E-state index in [1.165, 1.54) is 25.4 Å². The van der Waals surface area contributed by atoms with Gasteiger partial charge in [0.05, 0.1) is 18.2 Å². The van der Waals surface area contributed by atoms with Crippen molar-refractivity contribution in [3.63, 3.8) is 0 Å². The maximum Gasteiger partial charge on any atom is 0.416 e. The molecule has 0 radical (unpaired) electrons. The van der Waals surface area contributed by atoms with Crippen molar-refractivity contribution in [2.75, 3.05) is 12.4 Å². The molecule has 0 spiro atoms. The van der Waals surface area contributed by atoms with Crippen LogP contribution in [0.4, 0.5) is 18.3 Å². The van der Waals surface area contributed by atoms with Gasteiger partial charge in [-0.3, -0.25) is 15.1 Å². The van der Waals surface area contributed by atoms with Gasteiger partial charge in [-0.15, -0.1) is 5.10 Å². The fourth-order valence-corrected chi connectivity index (χ4v) is 2.91. The van der Waals surface area contributed by atoms with E-state index in [1.807, 2.05) is 0 Å². The SMILES string of the molecule is COc1nnc(NC(=O)c2cnc(C)cc2-c2cccc(C(F)(F)F)c2)s1. The van der Waals surface area contributed by atoms with Crippen LogP contribution in [-0.2, 0) is 6.18 Å². The van der Waals surface area contributed by atoms with Crippen LogP contribution in [0.25, 0.3) is 11.1 Å². The Morgan fingerprint density at radius 2 is 2.00 bits per heavy atom. The van der Waals surface area contributed by atoms with Crippen LogP contribution in [0, 0.1) is 6.92 Å². The van der Waals surface area contributed by atoms with Crippen molar-refractivity contribution in [3.05, 3.63) is 53.3 Å². The number of aromatic nitrogens is 3. The summed E-state index contributed by atoms with van der Waals surface area (Å²) in [5.74, 6) is -0.561. The predicted molar refractivity (Wildman–Crippen MR) is 93.8 cm³/mol. The molecule has 3 rings (SSSR count). The number of amides is 1. The highest BCUT2D eigenvalue weighted by Gasteiger charge is 2.30. The molecule has 140 valence electrons. The first kappa shape index (κ1) is 18.8. The third kappa shape index (κ3) is 4.22. The molecule has 3 aromatic rings. The number of alkyl halides is 3. The maximum absolute atomic E-state index is 13.0. The topological polar surface area (TPSA) is 77.0 Å². The normalized spacial score (nSPS) is 11.3. The Labute approximate surface area is 156 Å². The van der Waals surface area contributed by atoms with Crippen molar-refractivity contribution < 1.29 is 22.7 Å². The molecule has 0 atom stereocenters. The first-order chi connectivity index (χ1) is 12.8. The van der Waals surface area contributed by atoms with E-state index in [9.17, 15) is 18.0 Å². The zero-order valence-electron chi connectivity index (χ0n) is 14.2. The van der Waals surface area contributed by atoms with Crippen molar-refractivity contribution in [1.82, 2.24) is 15.2 Å². The molecule has 2 heterocycles. The zero-order chi connectivity index (χ0) is 19.6. The van der Waals surface area contributed by atoms with Gasteiger partial charge in [0, 0.05) is 11.9 Å². The van der Waals surface area contributed by atoms with Gasteiger partial charge in [-0.05, 0) is 47.6 Å². The largest absolute Gasteiger partial charge is 0.472 e. The molecule has 0 saturated carbocycles. The molecule has 1 N–H and O–H groups in total. The summed E-state index contributed by atoms with van der Waals surface area (Å²) in [7, 11) is 1.42. The average Bonchev–Trinajstić information content (AvgIpc) is 3.08. The highest BCUT2D eigenvalue weighted by atomic mass is 32.1. The van der Waals surface area contributed by atoms with Crippen LogP contribution in [-0.4, -0.2) is 28.2 Å². The Morgan fingerprint density at radius 1 is 1.22 bits per heavy atom. The standard InChI is InChI=1S/C17H13F3N4O2S/c1-9-6-12(10-4-3-5-11(7-10)17(18,19)20)13(8-21-9)14(25)22-15-23-24-16(26-2)27-15/h3-8H,1-2H3,(H,22,23,25). The highest BCUT2D eigenvalue weighted by molar-refractivity contribution is 7.17. The summed E-state index contributed by atoms with van der Waals surface area (Å²) in [6, 6.07) is 6.34. The maximum atomic E-state index is 13.0. The smallest absolute Gasteiger partial charge is 0.416 e. The summed E-state index contributed by atoms with van der Waals surface area (Å²) in [6.07, 6.45) is -3.16. The monoisotopic (exact) mass is 394 g/mol. The second-order valence-electron chi connectivity index (χ2n) is 5.48. The fourth-order valence-electron chi connectivity index (χ4n) is 2.35. The summed E-state index contributed by atoms with van der Waals surface area (Å²) in [5.41, 5.74) is 0.484. The number of benzene rings is 1. The van der Waals surface area contributed by atoms with Crippen LogP contribution in [0.3, 0.4) is 0 Å². The van der Waals surface area contributed by atoms with Crippen LogP contribution in [0.2, 0.25) is 0 Å². The number of aryl methyl sites for hydroxylation is 1. The number of halogens is 3. The Morgan fingerprint density at radius 3 is 2.67 bits per heavy atom. The number of ether oxygens (including phenoxy) is 1. The molecule has 0 bridgehead atoms. The van der Waals surface area contributed by atoms with Crippen molar-refractivity contribution in [2.24, 2.45) is 0 Å². The van der Waals surface area contributed by atoms with E-state index in [-0.39, 0.29) is 21.5 Å². The lowest BCUT2D eigenvalue weighted by atomic mass is 9.98. The Hall–Kier alpha value is -3.01. The number of nitrogens with zero attached hydrogens (tertiary/aromatic N) is 3. The summed E-state index contributed by atoms with van der Waals surface area (Å²) < 4.78 is 44.0.